The molecule has 1 aromatic rings. The van der Waals surface area contributed by atoms with Crippen LogP contribution in [0.1, 0.15) is 24.3 Å². The topological polar surface area (TPSA) is 37.3 Å². The fraction of sp³-hybridized carbons (Fsp3) is 0.417. The summed E-state index contributed by atoms with van der Waals surface area (Å²) in [4.78, 5) is 11.1. The van der Waals surface area contributed by atoms with Crippen LogP contribution in [0.25, 0.3) is 0 Å². The Hall–Kier alpha value is -1.17. The number of alkyl halides is 3. The maximum absolute atomic E-state index is 11.9. The molecule has 2 nitrogen and oxygen atoms in total. The van der Waals surface area contributed by atoms with Gasteiger partial charge in [0.25, 0.3) is 0 Å². The molecule has 0 bridgehead atoms. The molecule has 0 aliphatic rings. The van der Waals surface area contributed by atoms with E-state index in [0.29, 0.717) is 5.56 Å². The number of carboxylic acids is 1. The summed E-state index contributed by atoms with van der Waals surface area (Å²) in [5, 5.41) is 9.06. The minimum Gasteiger partial charge on any atom is -0.481 e. The molecule has 0 spiro atoms. The van der Waals surface area contributed by atoms with Crippen LogP contribution in [0.3, 0.4) is 0 Å². The highest BCUT2D eigenvalue weighted by molar-refractivity contribution is 8.00. The molecule has 1 N–H and O–H groups in total. The Morgan fingerprint density at radius 2 is 1.89 bits per heavy atom. The Morgan fingerprint density at radius 1 is 1.28 bits per heavy atom. The number of carboxylic acid groups (broad SMARTS) is 1. The van der Waals surface area contributed by atoms with Crippen LogP contribution in [0.4, 0.5) is 13.2 Å². The minimum atomic E-state index is -4.24. The fourth-order valence-corrected chi connectivity index (χ4v) is 2.14. The number of benzene rings is 1. The maximum Gasteiger partial charge on any atom is 0.441 e. The van der Waals surface area contributed by atoms with Crippen LogP contribution in [0.15, 0.2) is 30.3 Å². The van der Waals surface area contributed by atoms with Crippen LogP contribution in [-0.2, 0) is 4.79 Å². The molecule has 0 aliphatic heterocycles. The Labute approximate surface area is 107 Å². The largest absolute Gasteiger partial charge is 0.481 e. The highest BCUT2D eigenvalue weighted by Crippen LogP contribution is 2.32. The number of aliphatic carboxylic acids is 1. The van der Waals surface area contributed by atoms with E-state index in [1.54, 1.807) is 30.3 Å². The summed E-state index contributed by atoms with van der Waals surface area (Å²) < 4.78 is 35.7. The first-order valence-corrected chi connectivity index (χ1v) is 6.37. The molecule has 0 saturated carbocycles. The van der Waals surface area contributed by atoms with Gasteiger partial charge in [-0.3, -0.25) is 4.79 Å². The van der Waals surface area contributed by atoms with E-state index in [4.69, 9.17) is 5.11 Å². The lowest BCUT2D eigenvalue weighted by molar-refractivity contribution is -0.139. The van der Waals surface area contributed by atoms with Gasteiger partial charge in [0.2, 0.25) is 0 Å². The van der Waals surface area contributed by atoms with Gasteiger partial charge in [-0.05, 0) is 18.4 Å². The van der Waals surface area contributed by atoms with Crippen LogP contribution < -0.4 is 0 Å². The van der Waals surface area contributed by atoms with Gasteiger partial charge in [0, 0.05) is 5.75 Å². The SMILES string of the molecule is O=C(O)C(CCCSC(F)(F)F)c1ccccc1. The van der Waals surface area contributed by atoms with Gasteiger partial charge in [0.1, 0.15) is 0 Å². The lowest BCUT2D eigenvalue weighted by Crippen LogP contribution is -2.12. The molecule has 1 rings (SSSR count). The zero-order chi connectivity index (χ0) is 13.6. The first kappa shape index (κ1) is 14.9. The third-order valence-electron chi connectivity index (χ3n) is 2.40. The molecule has 0 heterocycles. The van der Waals surface area contributed by atoms with Gasteiger partial charge in [-0.25, -0.2) is 0 Å². The zero-order valence-corrected chi connectivity index (χ0v) is 10.3. The molecule has 0 aliphatic carbocycles. The number of rotatable bonds is 6. The second-order valence-corrected chi connectivity index (χ2v) is 4.90. The Morgan fingerprint density at radius 3 is 2.39 bits per heavy atom. The van der Waals surface area contributed by atoms with Crippen molar-refractivity contribution in [1.29, 1.82) is 0 Å². The van der Waals surface area contributed by atoms with Crippen molar-refractivity contribution < 1.29 is 23.1 Å². The normalized spacial score (nSPS) is 13.3. The number of hydrogen-bond acceptors (Lipinski definition) is 2. The Kier molecular flexibility index (Phi) is 5.53. The van der Waals surface area contributed by atoms with E-state index < -0.39 is 17.4 Å². The monoisotopic (exact) mass is 278 g/mol. The summed E-state index contributed by atoms with van der Waals surface area (Å²) in [5.41, 5.74) is -3.62. The zero-order valence-electron chi connectivity index (χ0n) is 9.48. The van der Waals surface area contributed by atoms with E-state index in [9.17, 15) is 18.0 Å². The van der Waals surface area contributed by atoms with Crippen molar-refractivity contribution >= 4 is 17.7 Å². The first-order valence-electron chi connectivity index (χ1n) is 5.38. The van der Waals surface area contributed by atoms with Crippen molar-refractivity contribution in [2.75, 3.05) is 5.75 Å². The van der Waals surface area contributed by atoms with Crippen LogP contribution in [-0.4, -0.2) is 22.3 Å². The van der Waals surface area contributed by atoms with Gasteiger partial charge in [0.05, 0.1) is 5.92 Å². The van der Waals surface area contributed by atoms with E-state index in [1.807, 2.05) is 0 Å². The summed E-state index contributed by atoms with van der Waals surface area (Å²) in [5.74, 6) is -1.85. The van der Waals surface area contributed by atoms with Crippen LogP contribution >= 0.6 is 11.8 Å². The third kappa shape index (κ3) is 5.44. The van der Waals surface area contributed by atoms with Gasteiger partial charge >= 0.3 is 11.5 Å². The number of thioether (sulfide) groups is 1. The van der Waals surface area contributed by atoms with Gasteiger partial charge in [0.15, 0.2) is 0 Å². The lowest BCUT2D eigenvalue weighted by atomic mass is 9.95. The van der Waals surface area contributed by atoms with E-state index in [-0.39, 0.29) is 30.4 Å². The molecular formula is C12H13F3O2S. The molecule has 18 heavy (non-hydrogen) atoms. The summed E-state index contributed by atoms with van der Waals surface area (Å²) in [7, 11) is 0. The molecule has 1 atom stereocenters. The van der Waals surface area contributed by atoms with Gasteiger partial charge < -0.3 is 5.11 Å². The van der Waals surface area contributed by atoms with Crippen molar-refractivity contribution in [1.82, 2.24) is 0 Å². The molecule has 0 amide bonds. The Balaban J connectivity index is 2.48. The molecule has 1 aromatic carbocycles. The first-order chi connectivity index (χ1) is 8.40. The molecular weight excluding hydrogens is 265 g/mol. The van der Waals surface area contributed by atoms with Gasteiger partial charge in [-0.2, -0.15) is 13.2 Å². The number of halogens is 3. The van der Waals surface area contributed by atoms with Crippen molar-refractivity contribution in [2.24, 2.45) is 0 Å². The lowest BCUT2D eigenvalue weighted by Gasteiger charge is -2.12. The summed E-state index contributed by atoms with van der Waals surface area (Å²) in [6, 6.07) is 8.55. The highest BCUT2D eigenvalue weighted by atomic mass is 32.2. The van der Waals surface area contributed by atoms with E-state index >= 15 is 0 Å². The number of hydrogen-bond donors (Lipinski definition) is 1. The van der Waals surface area contributed by atoms with Crippen molar-refractivity contribution in [3.05, 3.63) is 35.9 Å². The van der Waals surface area contributed by atoms with E-state index in [0.717, 1.165) is 0 Å². The predicted octanol–water partition coefficient (Wildman–Crippen LogP) is 3.89. The molecule has 0 radical (unpaired) electrons. The summed E-state index contributed by atoms with van der Waals surface area (Å²) in [6.45, 7) is 0. The molecule has 0 fully saturated rings. The molecule has 0 aromatic heterocycles. The van der Waals surface area contributed by atoms with Crippen molar-refractivity contribution in [2.45, 2.75) is 24.3 Å². The van der Waals surface area contributed by atoms with Crippen molar-refractivity contribution in [3.8, 4) is 0 Å². The van der Waals surface area contributed by atoms with E-state index in [2.05, 4.69) is 0 Å². The molecule has 100 valence electrons. The second-order valence-electron chi connectivity index (χ2n) is 3.74. The van der Waals surface area contributed by atoms with Gasteiger partial charge in [-0.1, -0.05) is 42.1 Å². The van der Waals surface area contributed by atoms with Crippen LogP contribution in [0, 0.1) is 0 Å². The standard InChI is InChI=1S/C12H13F3O2S/c13-12(14,15)18-8-4-7-10(11(16)17)9-5-2-1-3-6-9/h1-3,5-6,10H,4,7-8H2,(H,16,17). The van der Waals surface area contributed by atoms with Crippen LogP contribution in [0.5, 0.6) is 0 Å². The van der Waals surface area contributed by atoms with Crippen LogP contribution in [0.2, 0.25) is 0 Å². The molecule has 0 saturated heterocycles. The molecule has 1 unspecified atom stereocenters. The van der Waals surface area contributed by atoms with Crippen molar-refractivity contribution in [3.63, 3.8) is 0 Å². The van der Waals surface area contributed by atoms with E-state index in [1.165, 1.54) is 0 Å². The van der Waals surface area contributed by atoms with Gasteiger partial charge in [-0.15, -0.1) is 0 Å². The number of carbonyl (C=O) groups is 1. The predicted molar refractivity (Wildman–Crippen MR) is 64.6 cm³/mol. The summed E-state index contributed by atoms with van der Waals surface area (Å²) >= 11 is -0.110. The third-order valence-corrected chi connectivity index (χ3v) is 3.22. The smallest absolute Gasteiger partial charge is 0.441 e. The average Bonchev–Trinajstić information content (AvgIpc) is 2.28. The quantitative estimate of drug-likeness (QED) is 0.802. The average molecular weight is 278 g/mol. The second kappa shape index (κ2) is 6.68. The molecule has 6 heteroatoms. The highest BCUT2D eigenvalue weighted by Gasteiger charge is 2.28. The summed E-state index contributed by atoms with van der Waals surface area (Å²) in [6.07, 6.45) is 0.429. The maximum atomic E-state index is 11.9. The minimum absolute atomic E-state index is 0.110. The fourth-order valence-electron chi connectivity index (χ4n) is 1.59. The Bertz CT molecular complexity index is 379.